The van der Waals surface area contributed by atoms with Crippen LogP contribution in [0.3, 0.4) is 0 Å². The number of carbonyl (C=O) groups excluding carboxylic acids is 1. The molecule has 4 rings (SSSR count). The number of fused-ring (bicyclic) bond motifs is 2. The van der Waals surface area contributed by atoms with E-state index >= 15 is 0 Å². The average Bonchev–Trinajstić information content (AvgIpc) is 3.36. The van der Waals surface area contributed by atoms with Gasteiger partial charge < -0.3 is 10.1 Å². The molecule has 2 saturated carbocycles. The second-order valence-electron chi connectivity index (χ2n) is 8.07. The zero-order valence-electron chi connectivity index (χ0n) is 17.0. The fourth-order valence-electron chi connectivity index (χ4n) is 4.60. The van der Waals surface area contributed by atoms with E-state index in [-0.39, 0.29) is 21.9 Å². The van der Waals surface area contributed by atoms with Crippen LogP contribution in [0.1, 0.15) is 36.0 Å². The topological polar surface area (TPSA) is 75.7 Å². The fourth-order valence-corrected chi connectivity index (χ4v) is 6.04. The minimum Gasteiger partial charge on any atom is -0.497 e. The number of anilines is 1. The Kier molecular flexibility index (Phi) is 5.68. The predicted octanol–water partition coefficient (Wildman–Crippen LogP) is 4.09. The van der Waals surface area contributed by atoms with E-state index in [1.165, 1.54) is 51.6 Å². The van der Waals surface area contributed by atoms with Crippen LogP contribution >= 0.6 is 11.6 Å². The van der Waals surface area contributed by atoms with Crippen LogP contribution in [0, 0.1) is 11.8 Å². The quantitative estimate of drug-likeness (QED) is 0.722. The van der Waals surface area contributed by atoms with Crippen LogP contribution in [0.15, 0.2) is 47.4 Å². The molecule has 0 aliphatic heterocycles. The van der Waals surface area contributed by atoms with Crippen molar-refractivity contribution in [2.45, 2.75) is 36.6 Å². The minimum absolute atomic E-state index is 0.139. The molecule has 0 saturated heterocycles. The molecule has 0 aromatic heterocycles. The number of halogens is 1. The number of methoxy groups -OCH3 is 1. The van der Waals surface area contributed by atoms with Gasteiger partial charge in [-0.25, -0.2) is 8.42 Å². The fraction of sp³-hybridized carbons (Fsp3) is 0.409. The van der Waals surface area contributed by atoms with E-state index < -0.39 is 10.0 Å². The highest BCUT2D eigenvalue weighted by molar-refractivity contribution is 7.92. The molecule has 160 valence electrons. The molecule has 2 aromatic rings. The Bertz CT molecular complexity index is 1060. The molecule has 0 heterocycles. The Balaban J connectivity index is 1.50. The van der Waals surface area contributed by atoms with E-state index in [0.717, 1.165) is 16.6 Å². The third kappa shape index (κ3) is 3.88. The van der Waals surface area contributed by atoms with E-state index in [9.17, 15) is 13.2 Å². The van der Waals surface area contributed by atoms with Crippen molar-refractivity contribution in [1.29, 1.82) is 0 Å². The normalized spacial score (nSPS) is 22.7. The van der Waals surface area contributed by atoms with Crippen molar-refractivity contribution in [3.63, 3.8) is 0 Å². The van der Waals surface area contributed by atoms with Crippen LogP contribution in [0.2, 0.25) is 5.02 Å². The molecule has 8 heteroatoms. The number of hydrogen-bond donors (Lipinski definition) is 1. The van der Waals surface area contributed by atoms with Gasteiger partial charge in [0.2, 0.25) is 0 Å². The van der Waals surface area contributed by atoms with Gasteiger partial charge in [0.05, 0.1) is 28.3 Å². The van der Waals surface area contributed by atoms with Crippen LogP contribution in [0.5, 0.6) is 5.75 Å². The van der Waals surface area contributed by atoms with Crippen molar-refractivity contribution in [3.8, 4) is 5.75 Å². The minimum atomic E-state index is -3.77. The Labute approximate surface area is 182 Å². The van der Waals surface area contributed by atoms with Crippen molar-refractivity contribution in [1.82, 2.24) is 5.32 Å². The lowest BCUT2D eigenvalue weighted by atomic mass is 9.95. The molecule has 1 amide bonds. The summed E-state index contributed by atoms with van der Waals surface area (Å²) in [5.41, 5.74) is 0.741. The molecule has 30 heavy (non-hydrogen) atoms. The van der Waals surface area contributed by atoms with E-state index in [4.69, 9.17) is 16.3 Å². The van der Waals surface area contributed by atoms with Crippen LogP contribution in [-0.2, 0) is 10.0 Å². The molecule has 2 fully saturated rings. The van der Waals surface area contributed by atoms with Gasteiger partial charge in [0.25, 0.3) is 15.9 Å². The number of benzene rings is 2. The van der Waals surface area contributed by atoms with Gasteiger partial charge in [-0.3, -0.25) is 9.10 Å². The number of carbonyl (C=O) groups is 1. The van der Waals surface area contributed by atoms with Gasteiger partial charge >= 0.3 is 0 Å². The van der Waals surface area contributed by atoms with Crippen molar-refractivity contribution < 1.29 is 17.9 Å². The largest absolute Gasteiger partial charge is 0.497 e. The van der Waals surface area contributed by atoms with Crippen LogP contribution in [-0.4, -0.2) is 34.5 Å². The molecule has 2 aliphatic carbocycles. The number of amides is 1. The first-order chi connectivity index (χ1) is 14.3. The van der Waals surface area contributed by atoms with Crippen LogP contribution in [0.4, 0.5) is 5.69 Å². The summed E-state index contributed by atoms with van der Waals surface area (Å²) in [7, 11) is -0.794. The van der Waals surface area contributed by atoms with E-state index in [0.29, 0.717) is 22.9 Å². The Morgan fingerprint density at radius 1 is 1.13 bits per heavy atom. The summed E-state index contributed by atoms with van der Waals surface area (Å²) in [6, 6.07) is 11.1. The average molecular weight is 449 g/mol. The summed E-state index contributed by atoms with van der Waals surface area (Å²) < 4.78 is 32.1. The zero-order chi connectivity index (χ0) is 21.5. The Hall–Kier alpha value is -2.25. The first-order valence-corrected chi connectivity index (χ1v) is 11.8. The molecular formula is C22H25ClN2O4S. The highest BCUT2D eigenvalue weighted by atomic mass is 35.5. The lowest BCUT2D eigenvalue weighted by Gasteiger charge is -2.23. The maximum atomic E-state index is 12.9. The molecule has 0 radical (unpaired) electrons. The molecular weight excluding hydrogens is 424 g/mol. The first-order valence-electron chi connectivity index (χ1n) is 10.0. The summed E-state index contributed by atoms with van der Waals surface area (Å²) in [6.07, 6.45) is 4.68. The molecule has 6 nitrogen and oxygen atoms in total. The molecule has 2 aliphatic rings. The maximum absolute atomic E-state index is 12.9. The lowest BCUT2D eigenvalue weighted by molar-refractivity contribution is 0.0923. The second kappa shape index (κ2) is 8.12. The van der Waals surface area contributed by atoms with Crippen molar-refractivity contribution >= 4 is 33.2 Å². The number of nitrogens with zero attached hydrogens (tertiary/aromatic N) is 1. The summed E-state index contributed by atoms with van der Waals surface area (Å²) in [6.45, 7) is 0. The van der Waals surface area contributed by atoms with Gasteiger partial charge in [0, 0.05) is 13.1 Å². The number of sulfonamides is 1. The van der Waals surface area contributed by atoms with Gasteiger partial charge in [-0.15, -0.1) is 0 Å². The van der Waals surface area contributed by atoms with Crippen LogP contribution < -0.4 is 14.4 Å². The molecule has 0 unspecified atom stereocenters. The summed E-state index contributed by atoms with van der Waals surface area (Å²) in [5.74, 6) is 1.67. The van der Waals surface area contributed by atoms with Crippen molar-refractivity contribution in [3.05, 3.63) is 53.1 Å². The van der Waals surface area contributed by atoms with E-state index in [2.05, 4.69) is 5.32 Å². The van der Waals surface area contributed by atoms with Crippen molar-refractivity contribution in [2.75, 3.05) is 18.5 Å². The summed E-state index contributed by atoms with van der Waals surface area (Å²) in [5, 5.41) is 3.34. The third-order valence-electron chi connectivity index (χ3n) is 6.33. The first kappa shape index (κ1) is 21.0. The number of rotatable bonds is 6. The standard InChI is InChI=1S/C22H25ClN2O4S/c1-25(30(27,28)18-8-6-17(29-2)7-9-18)16-5-10-19(20(23)13-16)22(26)24-21-12-14-3-4-15(21)11-14/h5-10,13-15,21H,3-4,11-12H2,1-2H3,(H,24,26)/t14-,15-,21-/m1/s1. The van der Waals surface area contributed by atoms with Gasteiger partial charge in [0.1, 0.15) is 5.75 Å². The number of nitrogens with one attached hydrogen (secondary N) is 1. The molecule has 1 N–H and O–H groups in total. The van der Waals surface area contributed by atoms with Gasteiger partial charge in [-0.2, -0.15) is 0 Å². The van der Waals surface area contributed by atoms with Gasteiger partial charge in [0.15, 0.2) is 0 Å². The summed E-state index contributed by atoms with van der Waals surface area (Å²) in [4.78, 5) is 12.9. The highest BCUT2D eigenvalue weighted by Crippen LogP contribution is 2.44. The zero-order valence-corrected chi connectivity index (χ0v) is 18.5. The lowest BCUT2D eigenvalue weighted by Crippen LogP contribution is -2.38. The Morgan fingerprint density at radius 3 is 2.43 bits per heavy atom. The number of ether oxygens (including phenoxy) is 1. The molecule has 3 atom stereocenters. The van der Waals surface area contributed by atoms with E-state index in [1.807, 2.05) is 0 Å². The molecule has 2 aromatic carbocycles. The SMILES string of the molecule is COc1ccc(S(=O)(=O)N(C)c2ccc(C(=O)N[C@@H]3C[C@@H]4CC[C@@H]3C4)c(Cl)c2)cc1. The second-order valence-corrected chi connectivity index (χ2v) is 10.4. The molecule has 2 bridgehead atoms. The summed E-state index contributed by atoms with van der Waals surface area (Å²) >= 11 is 6.37. The van der Waals surface area contributed by atoms with E-state index in [1.54, 1.807) is 24.3 Å². The third-order valence-corrected chi connectivity index (χ3v) is 8.45. The molecule has 0 spiro atoms. The van der Waals surface area contributed by atoms with Crippen molar-refractivity contribution in [2.24, 2.45) is 11.8 Å². The predicted molar refractivity (Wildman–Crippen MR) is 117 cm³/mol. The number of hydrogen-bond acceptors (Lipinski definition) is 4. The monoisotopic (exact) mass is 448 g/mol. The highest BCUT2D eigenvalue weighted by Gasteiger charge is 2.40. The van der Waals surface area contributed by atoms with Gasteiger partial charge in [-0.1, -0.05) is 18.0 Å². The van der Waals surface area contributed by atoms with Gasteiger partial charge in [-0.05, 0) is 73.6 Å². The smallest absolute Gasteiger partial charge is 0.264 e. The Morgan fingerprint density at radius 2 is 1.87 bits per heavy atom. The van der Waals surface area contributed by atoms with Crippen LogP contribution in [0.25, 0.3) is 0 Å². The maximum Gasteiger partial charge on any atom is 0.264 e.